The summed E-state index contributed by atoms with van der Waals surface area (Å²) >= 11 is 0. The van der Waals surface area contributed by atoms with Gasteiger partial charge in [-0.05, 0) is 12.8 Å². The average molecular weight is 167 g/mol. The van der Waals surface area contributed by atoms with Crippen LogP contribution in [0.4, 0.5) is 0 Å². The van der Waals surface area contributed by atoms with Gasteiger partial charge < -0.3 is 5.11 Å². The molecule has 1 aromatic rings. The van der Waals surface area contributed by atoms with Gasteiger partial charge in [-0.15, -0.1) is 0 Å². The number of aryl methyl sites for hydroxylation is 1. The summed E-state index contributed by atoms with van der Waals surface area (Å²) in [6.45, 7) is 0. The third kappa shape index (κ3) is 1.22. The Labute approximate surface area is 71.2 Å². The topological polar surface area (TPSA) is 50.9 Å². The van der Waals surface area contributed by atoms with Crippen molar-refractivity contribution in [3.8, 4) is 0 Å². The van der Waals surface area contributed by atoms with E-state index in [9.17, 15) is 5.11 Å². The monoisotopic (exact) mass is 167 g/mol. The van der Waals surface area contributed by atoms with Gasteiger partial charge in [-0.3, -0.25) is 4.68 Å². The highest BCUT2D eigenvalue weighted by Crippen LogP contribution is 2.32. The summed E-state index contributed by atoms with van der Waals surface area (Å²) < 4.78 is 1.68. The second-order valence-electron chi connectivity index (χ2n) is 3.38. The van der Waals surface area contributed by atoms with Gasteiger partial charge in [0.15, 0.2) is 5.82 Å². The Hall–Kier alpha value is -0.900. The van der Waals surface area contributed by atoms with Crippen molar-refractivity contribution in [1.29, 1.82) is 0 Å². The molecule has 0 aliphatic heterocycles. The van der Waals surface area contributed by atoms with Crippen molar-refractivity contribution in [3.63, 3.8) is 0 Å². The van der Waals surface area contributed by atoms with E-state index in [-0.39, 0.29) is 12.0 Å². The Kier molecular flexibility index (Phi) is 1.84. The quantitative estimate of drug-likeness (QED) is 0.660. The van der Waals surface area contributed by atoms with Crippen LogP contribution in [0.2, 0.25) is 0 Å². The summed E-state index contributed by atoms with van der Waals surface area (Å²) in [6, 6.07) is 0. The van der Waals surface area contributed by atoms with E-state index >= 15 is 0 Å². The Balaban J connectivity index is 2.19. The first-order valence-electron chi connectivity index (χ1n) is 4.31. The molecule has 4 nitrogen and oxygen atoms in total. The number of aromatic nitrogens is 3. The van der Waals surface area contributed by atoms with Crippen LogP contribution in [0, 0.1) is 0 Å². The lowest BCUT2D eigenvalue weighted by molar-refractivity contribution is 0.160. The molecule has 12 heavy (non-hydrogen) atoms. The molecule has 2 unspecified atom stereocenters. The molecule has 1 N–H and O–H groups in total. The van der Waals surface area contributed by atoms with Crippen molar-refractivity contribution in [2.75, 3.05) is 0 Å². The van der Waals surface area contributed by atoms with Gasteiger partial charge in [0, 0.05) is 13.0 Å². The smallest absolute Gasteiger partial charge is 0.156 e. The van der Waals surface area contributed by atoms with Crippen molar-refractivity contribution in [1.82, 2.24) is 14.8 Å². The van der Waals surface area contributed by atoms with Crippen molar-refractivity contribution >= 4 is 0 Å². The van der Waals surface area contributed by atoms with E-state index in [0.717, 1.165) is 25.1 Å². The van der Waals surface area contributed by atoms with Crippen LogP contribution < -0.4 is 0 Å². The maximum Gasteiger partial charge on any atom is 0.156 e. The fourth-order valence-corrected chi connectivity index (χ4v) is 1.77. The first-order chi connectivity index (χ1) is 5.77. The minimum absolute atomic E-state index is 0.172. The Morgan fingerprint density at radius 2 is 2.42 bits per heavy atom. The summed E-state index contributed by atoms with van der Waals surface area (Å²) in [6.07, 6.45) is 4.45. The molecule has 0 bridgehead atoms. The van der Waals surface area contributed by atoms with E-state index in [1.54, 1.807) is 11.0 Å². The van der Waals surface area contributed by atoms with Gasteiger partial charge in [0.2, 0.25) is 0 Å². The van der Waals surface area contributed by atoms with E-state index < -0.39 is 0 Å². The predicted octanol–water partition coefficient (Wildman–Crippen LogP) is 0.443. The van der Waals surface area contributed by atoms with Crippen LogP contribution in [0.3, 0.4) is 0 Å². The molecule has 0 radical (unpaired) electrons. The molecule has 1 fully saturated rings. The first-order valence-corrected chi connectivity index (χ1v) is 4.31. The molecule has 0 saturated heterocycles. The maximum atomic E-state index is 9.56. The highest BCUT2D eigenvalue weighted by molar-refractivity contribution is 5.00. The third-order valence-electron chi connectivity index (χ3n) is 2.43. The van der Waals surface area contributed by atoms with Crippen LogP contribution in [-0.4, -0.2) is 26.0 Å². The van der Waals surface area contributed by atoms with E-state index in [1.807, 2.05) is 7.05 Å². The minimum Gasteiger partial charge on any atom is -0.392 e. The summed E-state index contributed by atoms with van der Waals surface area (Å²) in [7, 11) is 1.85. The molecular formula is C8H13N3O. The van der Waals surface area contributed by atoms with E-state index in [1.165, 1.54) is 0 Å². The maximum absolute atomic E-state index is 9.56. The second-order valence-corrected chi connectivity index (χ2v) is 3.38. The number of nitrogens with zero attached hydrogens (tertiary/aromatic N) is 3. The fraction of sp³-hybridized carbons (Fsp3) is 0.750. The van der Waals surface area contributed by atoms with Crippen LogP contribution in [0.25, 0.3) is 0 Å². The van der Waals surface area contributed by atoms with E-state index in [4.69, 9.17) is 0 Å². The number of aliphatic hydroxyl groups is 1. The Morgan fingerprint density at radius 3 is 2.92 bits per heavy atom. The number of hydrogen-bond donors (Lipinski definition) is 1. The number of aliphatic hydroxyl groups excluding tert-OH is 1. The van der Waals surface area contributed by atoms with E-state index in [0.29, 0.717) is 0 Å². The summed E-state index contributed by atoms with van der Waals surface area (Å²) in [5, 5.41) is 13.8. The molecule has 0 amide bonds. The lowest BCUT2D eigenvalue weighted by Crippen LogP contribution is -2.12. The second kappa shape index (κ2) is 2.86. The summed E-state index contributed by atoms with van der Waals surface area (Å²) in [4.78, 5) is 4.14. The highest BCUT2D eigenvalue weighted by atomic mass is 16.3. The normalized spacial score (nSPS) is 29.5. The zero-order valence-corrected chi connectivity index (χ0v) is 7.14. The largest absolute Gasteiger partial charge is 0.392 e. The standard InChI is InChI=1S/C8H13N3O/c1-11-5-9-8(10-11)6-3-2-4-7(6)12/h5-7,12H,2-4H2,1H3. The van der Waals surface area contributed by atoms with E-state index in [2.05, 4.69) is 10.1 Å². The lowest BCUT2D eigenvalue weighted by atomic mass is 10.1. The molecular weight excluding hydrogens is 154 g/mol. The molecule has 2 atom stereocenters. The highest BCUT2D eigenvalue weighted by Gasteiger charge is 2.29. The number of hydrogen-bond acceptors (Lipinski definition) is 3. The molecule has 1 aromatic heterocycles. The van der Waals surface area contributed by atoms with Gasteiger partial charge in [-0.2, -0.15) is 5.10 Å². The SMILES string of the molecule is Cn1cnc(C2CCCC2O)n1. The van der Waals surface area contributed by atoms with Crippen molar-refractivity contribution in [2.24, 2.45) is 7.05 Å². The van der Waals surface area contributed by atoms with Crippen molar-refractivity contribution < 1.29 is 5.11 Å². The third-order valence-corrected chi connectivity index (χ3v) is 2.43. The first kappa shape index (κ1) is 7.73. The van der Waals surface area contributed by atoms with Crippen LogP contribution in [0.1, 0.15) is 31.0 Å². The molecule has 1 heterocycles. The molecule has 1 saturated carbocycles. The fourth-order valence-electron chi connectivity index (χ4n) is 1.77. The van der Waals surface area contributed by atoms with Crippen molar-refractivity contribution in [3.05, 3.63) is 12.2 Å². The van der Waals surface area contributed by atoms with Crippen LogP contribution in [-0.2, 0) is 7.05 Å². The molecule has 1 aliphatic rings. The van der Waals surface area contributed by atoms with Crippen LogP contribution in [0.15, 0.2) is 6.33 Å². The van der Waals surface area contributed by atoms with Gasteiger partial charge in [-0.1, -0.05) is 6.42 Å². The Morgan fingerprint density at radius 1 is 1.58 bits per heavy atom. The number of rotatable bonds is 1. The van der Waals surface area contributed by atoms with Gasteiger partial charge in [0.05, 0.1) is 6.10 Å². The molecule has 1 aliphatic carbocycles. The molecule has 4 heteroatoms. The van der Waals surface area contributed by atoms with Gasteiger partial charge in [0.25, 0.3) is 0 Å². The Bertz CT molecular complexity index is 271. The molecule has 66 valence electrons. The van der Waals surface area contributed by atoms with Gasteiger partial charge in [0.1, 0.15) is 6.33 Å². The minimum atomic E-state index is -0.229. The van der Waals surface area contributed by atoms with Gasteiger partial charge in [-0.25, -0.2) is 4.98 Å². The molecule has 0 spiro atoms. The molecule has 0 aromatic carbocycles. The zero-order chi connectivity index (χ0) is 8.55. The predicted molar refractivity (Wildman–Crippen MR) is 43.6 cm³/mol. The average Bonchev–Trinajstić information content (AvgIpc) is 2.58. The van der Waals surface area contributed by atoms with Gasteiger partial charge >= 0.3 is 0 Å². The zero-order valence-electron chi connectivity index (χ0n) is 7.14. The summed E-state index contributed by atoms with van der Waals surface area (Å²) in [5.41, 5.74) is 0. The van der Waals surface area contributed by atoms with Crippen LogP contribution >= 0.6 is 0 Å². The molecule has 2 rings (SSSR count). The summed E-state index contributed by atoms with van der Waals surface area (Å²) in [5.74, 6) is 0.966. The lowest BCUT2D eigenvalue weighted by Gasteiger charge is -2.08. The van der Waals surface area contributed by atoms with Crippen LogP contribution in [0.5, 0.6) is 0 Å². The van der Waals surface area contributed by atoms with Crippen molar-refractivity contribution in [2.45, 2.75) is 31.3 Å².